The van der Waals surface area contributed by atoms with E-state index < -0.39 is 0 Å². The molecule has 0 aliphatic carbocycles. The summed E-state index contributed by atoms with van der Waals surface area (Å²) in [7, 11) is 0. The SMILES string of the molecule is NN(c1ccccc1)c1nnc(-c2ccccc2)o1. The Kier molecular flexibility index (Phi) is 2.96. The number of benzene rings is 2. The summed E-state index contributed by atoms with van der Waals surface area (Å²) in [6.07, 6.45) is 0. The monoisotopic (exact) mass is 252 g/mol. The number of hydrogen-bond acceptors (Lipinski definition) is 5. The molecule has 94 valence electrons. The second kappa shape index (κ2) is 4.91. The van der Waals surface area contributed by atoms with E-state index in [-0.39, 0.29) is 6.01 Å². The number of aromatic nitrogens is 2. The molecule has 0 spiro atoms. The maximum Gasteiger partial charge on any atom is 0.337 e. The topological polar surface area (TPSA) is 68.2 Å². The van der Waals surface area contributed by atoms with Crippen LogP contribution in [-0.4, -0.2) is 10.2 Å². The zero-order chi connectivity index (χ0) is 13.1. The van der Waals surface area contributed by atoms with Crippen LogP contribution in [0.25, 0.3) is 11.5 Å². The number of anilines is 2. The van der Waals surface area contributed by atoms with Crippen LogP contribution in [0, 0.1) is 0 Å². The summed E-state index contributed by atoms with van der Waals surface area (Å²) in [5, 5.41) is 9.31. The lowest BCUT2D eigenvalue weighted by Gasteiger charge is -2.12. The highest BCUT2D eigenvalue weighted by atomic mass is 16.4. The van der Waals surface area contributed by atoms with Gasteiger partial charge in [-0.15, -0.1) is 5.10 Å². The van der Waals surface area contributed by atoms with Crippen LogP contribution in [-0.2, 0) is 0 Å². The number of hydrogen-bond donors (Lipinski definition) is 1. The van der Waals surface area contributed by atoms with Gasteiger partial charge in [0, 0.05) is 5.56 Å². The van der Waals surface area contributed by atoms with Crippen molar-refractivity contribution in [3.63, 3.8) is 0 Å². The Bertz CT molecular complexity index is 651. The van der Waals surface area contributed by atoms with Crippen molar-refractivity contribution in [2.75, 3.05) is 5.01 Å². The van der Waals surface area contributed by atoms with Crippen LogP contribution in [0.5, 0.6) is 0 Å². The minimum absolute atomic E-state index is 0.255. The van der Waals surface area contributed by atoms with Crippen LogP contribution in [0.4, 0.5) is 11.7 Å². The molecule has 2 N–H and O–H groups in total. The van der Waals surface area contributed by atoms with Crippen molar-refractivity contribution in [1.29, 1.82) is 0 Å². The van der Waals surface area contributed by atoms with Crippen molar-refractivity contribution < 1.29 is 4.42 Å². The first-order chi connectivity index (χ1) is 9.34. The number of nitrogens with two attached hydrogens (primary N) is 1. The minimum atomic E-state index is 0.255. The smallest absolute Gasteiger partial charge is 0.337 e. The van der Waals surface area contributed by atoms with Gasteiger partial charge in [0.05, 0.1) is 5.69 Å². The summed E-state index contributed by atoms with van der Waals surface area (Å²) >= 11 is 0. The predicted molar refractivity (Wildman–Crippen MR) is 72.5 cm³/mol. The first kappa shape index (κ1) is 11.4. The van der Waals surface area contributed by atoms with Gasteiger partial charge in [0.15, 0.2) is 0 Å². The largest absolute Gasteiger partial charge is 0.402 e. The standard InChI is InChI=1S/C14H12N4O/c15-18(12-9-5-2-6-10-12)14-17-16-13(19-14)11-7-3-1-4-8-11/h1-10H,15H2. The van der Waals surface area contributed by atoms with Crippen LogP contribution >= 0.6 is 0 Å². The van der Waals surface area contributed by atoms with Gasteiger partial charge in [-0.3, -0.25) is 0 Å². The van der Waals surface area contributed by atoms with Crippen LogP contribution in [0.3, 0.4) is 0 Å². The maximum atomic E-state index is 5.94. The van der Waals surface area contributed by atoms with E-state index in [1.165, 1.54) is 5.01 Å². The van der Waals surface area contributed by atoms with Crippen LogP contribution in [0.2, 0.25) is 0 Å². The summed E-state index contributed by atoms with van der Waals surface area (Å²) in [4.78, 5) is 0. The highest BCUT2D eigenvalue weighted by molar-refractivity contribution is 5.57. The average Bonchev–Trinajstić information content (AvgIpc) is 2.98. The van der Waals surface area contributed by atoms with E-state index in [2.05, 4.69) is 10.2 Å². The summed E-state index contributed by atoms with van der Waals surface area (Å²) in [6, 6.07) is 19.3. The lowest BCUT2D eigenvalue weighted by atomic mass is 10.2. The third-order valence-corrected chi connectivity index (χ3v) is 2.68. The van der Waals surface area contributed by atoms with E-state index in [0.29, 0.717) is 5.89 Å². The molecule has 1 aromatic heterocycles. The third kappa shape index (κ3) is 2.31. The fraction of sp³-hybridized carbons (Fsp3) is 0. The molecule has 0 aliphatic rings. The van der Waals surface area contributed by atoms with Crippen molar-refractivity contribution in [2.45, 2.75) is 0 Å². The molecule has 1 heterocycles. The lowest BCUT2D eigenvalue weighted by molar-refractivity contribution is 0.565. The van der Waals surface area contributed by atoms with Gasteiger partial charge >= 0.3 is 6.01 Å². The highest BCUT2D eigenvalue weighted by Gasteiger charge is 2.13. The quantitative estimate of drug-likeness (QED) is 0.573. The summed E-state index contributed by atoms with van der Waals surface area (Å²) in [5.74, 6) is 6.39. The van der Waals surface area contributed by atoms with Crippen molar-refractivity contribution in [2.24, 2.45) is 5.84 Å². The van der Waals surface area contributed by atoms with E-state index in [1.54, 1.807) is 0 Å². The molecule has 0 fully saturated rings. The molecule has 5 nitrogen and oxygen atoms in total. The molecular weight excluding hydrogens is 240 g/mol. The maximum absolute atomic E-state index is 5.94. The van der Waals surface area contributed by atoms with Crippen molar-refractivity contribution in [3.8, 4) is 11.5 Å². The van der Waals surface area contributed by atoms with Gasteiger partial charge in [-0.25, -0.2) is 10.9 Å². The zero-order valence-electron chi connectivity index (χ0n) is 10.1. The van der Waals surface area contributed by atoms with Gasteiger partial charge in [-0.05, 0) is 24.3 Å². The van der Waals surface area contributed by atoms with Gasteiger partial charge in [0.1, 0.15) is 0 Å². The summed E-state index contributed by atoms with van der Waals surface area (Å²) in [6.45, 7) is 0. The minimum Gasteiger partial charge on any atom is -0.402 e. The molecule has 5 heteroatoms. The molecule has 0 aliphatic heterocycles. The Morgan fingerprint density at radius 3 is 2.16 bits per heavy atom. The molecule has 0 amide bonds. The molecule has 0 saturated heterocycles. The van der Waals surface area contributed by atoms with E-state index in [0.717, 1.165) is 11.3 Å². The molecule has 0 atom stereocenters. The predicted octanol–water partition coefficient (Wildman–Crippen LogP) is 2.75. The van der Waals surface area contributed by atoms with Crippen molar-refractivity contribution in [1.82, 2.24) is 10.2 Å². The molecular formula is C14H12N4O. The fourth-order valence-corrected chi connectivity index (χ4v) is 1.71. The third-order valence-electron chi connectivity index (χ3n) is 2.68. The van der Waals surface area contributed by atoms with E-state index in [1.807, 2.05) is 60.7 Å². The first-order valence-electron chi connectivity index (χ1n) is 5.83. The molecule has 2 aromatic carbocycles. The Labute approximate surface area is 110 Å². The zero-order valence-corrected chi connectivity index (χ0v) is 10.1. The second-order valence-electron chi connectivity index (χ2n) is 3.96. The Morgan fingerprint density at radius 2 is 1.47 bits per heavy atom. The van der Waals surface area contributed by atoms with Gasteiger partial charge < -0.3 is 4.42 Å². The van der Waals surface area contributed by atoms with E-state index in [9.17, 15) is 0 Å². The van der Waals surface area contributed by atoms with Gasteiger partial charge in [-0.1, -0.05) is 41.5 Å². The number of para-hydroxylation sites is 1. The average molecular weight is 252 g/mol. The lowest BCUT2D eigenvalue weighted by Crippen LogP contribution is -2.25. The molecule has 0 bridgehead atoms. The number of hydrazine groups is 1. The van der Waals surface area contributed by atoms with E-state index in [4.69, 9.17) is 10.3 Å². The van der Waals surface area contributed by atoms with Gasteiger partial charge in [0.2, 0.25) is 5.89 Å². The van der Waals surface area contributed by atoms with Gasteiger partial charge in [-0.2, -0.15) is 0 Å². The second-order valence-corrected chi connectivity index (χ2v) is 3.96. The molecule has 0 radical (unpaired) electrons. The Hall–Kier alpha value is -2.66. The van der Waals surface area contributed by atoms with Crippen LogP contribution in [0.15, 0.2) is 65.1 Å². The van der Waals surface area contributed by atoms with E-state index >= 15 is 0 Å². The molecule has 19 heavy (non-hydrogen) atoms. The molecule has 3 rings (SSSR count). The van der Waals surface area contributed by atoms with Crippen LogP contribution in [0.1, 0.15) is 0 Å². The van der Waals surface area contributed by atoms with Crippen LogP contribution < -0.4 is 10.9 Å². The van der Waals surface area contributed by atoms with Gasteiger partial charge in [0.25, 0.3) is 0 Å². The van der Waals surface area contributed by atoms with Crippen molar-refractivity contribution >= 4 is 11.7 Å². The summed E-state index contributed by atoms with van der Waals surface area (Å²) < 4.78 is 5.56. The first-order valence-corrected chi connectivity index (χ1v) is 5.83. The number of rotatable bonds is 3. The fourth-order valence-electron chi connectivity index (χ4n) is 1.71. The highest BCUT2D eigenvalue weighted by Crippen LogP contribution is 2.24. The molecule has 3 aromatic rings. The Balaban J connectivity index is 1.90. The molecule has 0 saturated carbocycles. The number of nitrogens with zero attached hydrogens (tertiary/aromatic N) is 3. The summed E-state index contributed by atoms with van der Waals surface area (Å²) in [5.41, 5.74) is 1.65. The Morgan fingerprint density at radius 1 is 0.842 bits per heavy atom. The van der Waals surface area contributed by atoms with Crippen molar-refractivity contribution in [3.05, 3.63) is 60.7 Å². The normalized spacial score (nSPS) is 10.4. The molecule has 0 unspecified atom stereocenters.